The van der Waals surface area contributed by atoms with Crippen LogP contribution in [-0.2, 0) is 0 Å². The number of nitrogens with zero attached hydrogens (tertiary/aromatic N) is 1. The fourth-order valence-electron chi connectivity index (χ4n) is 5.00. The second-order valence-electron chi connectivity index (χ2n) is 7.21. The maximum absolute atomic E-state index is 2.95. The van der Waals surface area contributed by atoms with E-state index in [1.165, 1.54) is 77.2 Å². The minimum Gasteiger partial charge on any atom is -0.297 e. The van der Waals surface area contributed by atoms with Crippen molar-refractivity contribution in [3.63, 3.8) is 0 Å². The zero-order chi connectivity index (χ0) is 12.4. The molecule has 2 unspecified atom stereocenters. The summed E-state index contributed by atoms with van der Waals surface area (Å²) in [5.41, 5.74) is 0. The van der Waals surface area contributed by atoms with Gasteiger partial charge in [-0.15, -0.1) is 0 Å². The maximum atomic E-state index is 2.95. The molecule has 2 aliphatic heterocycles. The van der Waals surface area contributed by atoms with Crippen molar-refractivity contribution in [2.75, 3.05) is 6.54 Å². The third kappa shape index (κ3) is 2.76. The Balaban J connectivity index is 1.54. The van der Waals surface area contributed by atoms with Crippen molar-refractivity contribution in [3.05, 3.63) is 0 Å². The summed E-state index contributed by atoms with van der Waals surface area (Å²) in [4.78, 5) is 2.95. The molecule has 0 aromatic carbocycles. The van der Waals surface area contributed by atoms with E-state index >= 15 is 0 Å². The van der Waals surface area contributed by atoms with Gasteiger partial charge in [-0.1, -0.05) is 39.0 Å². The third-order valence-corrected chi connectivity index (χ3v) is 5.87. The van der Waals surface area contributed by atoms with Gasteiger partial charge in [0.2, 0.25) is 0 Å². The summed E-state index contributed by atoms with van der Waals surface area (Å²) in [6, 6.07) is 1.95. The predicted octanol–water partition coefficient (Wildman–Crippen LogP) is 4.61. The molecule has 104 valence electrons. The van der Waals surface area contributed by atoms with Gasteiger partial charge in [0.15, 0.2) is 0 Å². The van der Waals surface area contributed by atoms with Crippen LogP contribution in [0.5, 0.6) is 0 Å². The van der Waals surface area contributed by atoms with Gasteiger partial charge in [0, 0.05) is 18.6 Å². The molecule has 0 aromatic rings. The topological polar surface area (TPSA) is 3.24 Å². The number of piperidine rings is 1. The fraction of sp³-hybridized carbons (Fsp3) is 1.00. The Hall–Kier alpha value is -0.0400. The van der Waals surface area contributed by atoms with Crippen molar-refractivity contribution in [3.8, 4) is 0 Å². The van der Waals surface area contributed by atoms with Crippen molar-refractivity contribution in [2.24, 2.45) is 11.8 Å². The SMILES string of the molecule is CCCC1CC2CCC(C1)N2CC1CCCCC1. The van der Waals surface area contributed by atoms with E-state index in [2.05, 4.69) is 11.8 Å². The number of fused-ring (bicyclic) bond motifs is 2. The minimum absolute atomic E-state index is 0.974. The smallest absolute Gasteiger partial charge is 0.0101 e. The first-order valence-electron chi connectivity index (χ1n) is 8.62. The molecule has 3 aliphatic rings. The molecule has 0 radical (unpaired) electrons. The molecule has 1 nitrogen and oxygen atoms in total. The van der Waals surface area contributed by atoms with Crippen LogP contribution in [0.25, 0.3) is 0 Å². The van der Waals surface area contributed by atoms with Crippen molar-refractivity contribution in [1.82, 2.24) is 4.90 Å². The summed E-state index contributed by atoms with van der Waals surface area (Å²) in [6.07, 6.45) is 16.5. The van der Waals surface area contributed by atoms with Gasteiger partial charge in [-0.05, 0) is 50.4 Å². The van der Waals surface area contributed by atoms with E-state index in [1.54, 1.807) is 0 Å². The van der Waals surface area contributed by atoms with Crippen molar-refractivity contribution < 1.29 is 0 Å². The predicted molar refractivity (Wildman–Crippen MR) is 77.7 cm³/mol. The highest BCUT2D eigenvalue weighted by molar-refractivity contribution is 4.95. The van der Waals surface area contributed by atoms with Crippen LogP contribution in [-0.4, -0.2) is 23.5 Å². The van der Waals surface area contributed by atoms with Crippen LogP contribution >= 0.6 is 0 Å². The zero-order valence-corrected chi connectivity index (χ0v) is 12.2. The molecule has 1 heteroatoms. The second kappa shape index (κ2) is 5.94. The quantitative estimate of drug-likeness (QED) is 0.703. The summed E-state index contributed by atoms with van der Waals surface area (Å²) in [7, 11) is 0. The van der Waals surface area contributed by atoms with Gasteiger partial charge in [0.25, 0.3) is 0 Å². The van der Waals surface area contributed by atoms with Crippen molar-refractivity contribution in [2.45, 2.75) is 89.6 Å². The Morgan fingerprint density at radius 2 is 1.50 bits per heavy atom. The van der Waals surface area contributed by atoms with Crippen molar-refractivity contribution >= 4 is 0 Å². The lowest BCUT2D eigenvalue weighted by Crippen LogP contribution is -2.45. The average molecular weight is 249 g/mol. The summed E-state index contributed by atoms with van der Waals surface area (Å²) < 4.78 is 0. The van der Waals surface area contributed by atoms with Gasteiger partial charge in [-0.2, -0.15) is 0 Å². The molecule has 1 saturated carbocycles. The van der Waals surface area contributed by atoms with Crippen LogP contribution < -0.4 is 0 Å². The first-order chi connectivity index (χ1) is 8.86. The first kappa shape index (κ1) is 13.0. The van der Waals surface area contributed by atoms with Crippen LogP contribution in [0.4, 0.5) is 0 Å². The van der Waals surface area contributed by atoms with E-state index in [4.69, 9.17) is 0 Å². The normalized spacial score (nSPS) is 38.2. The molecule has 1 aliphatic carbocycles. The average Bonchev–Trinajstić information content (AvgIpc) is 2.63. The number of hydrogen-bond acceptors (Lipinski definition) is 1. The summed E-state index contributed by atoms with van der Waals surface area (Å²) in [5.74, 6) is 2.11. The summed E-state index contributed by atoms with van der Waals surface area (Å²) in [5, 5.41) is 0. The molecule has 2 saturated heterocycles. The summed E-state index contributed by atoms with van der Waals surface area (Å²) >= 11 is 0. The fourth-order valence-corrected chi connectivity index (χ4v) is 5.00. The lowest BCUT2D eigenvalue weighted by atomic mass is 9.84. The van der Waals surface area contributed by atoms with Gasteiger partial charge in [0.1, 0.15) is 0 Å². The Kier molecular flexibility index (Phi) is 4.28. The minimum atomic E-state index is 0.974. The van der Waals surface area contributed by atoms with Crippen LogP contribution in [0.3, 0.4) is 0 Å². The molecule has 0 amide bonds. The summed E-state index contributed by atoms with van der Waals surface area (Å²) in [6.45, 7) is 3.81. The van der Waals surface area contributed by atoms with Crippen LogP contribution in [0.15, 0.2) is 0 Å². The van der Waals surface area contributed by atoms with Crippen molar-refractivity contribution in [1.29, 1.82) is 0 Å². The molecule has 0 spiro atoms. The van der Waals surface area contributed by atoms with E-state index < -0.39 is 0 Å². The molecular formula is C17H31N. The highest BCUT2D eigenvalue weighted by Crippen LogP contribution is 2.41. The largest absolute Gasteiger partial charge is 0.297 e. The highest BCUT2D eigenvalue weighted by Gasteiger charge is 2.40. The molecule has 2 bridgehead atoms. The van der Waals surface area contributed by atoms with Crippen LogP contribution in [0.1, 0.15) is 77.6 Å². The van der Waals surface area contributed by atoms with E-state index in [0.717, 1.165) is 23.9 Å². The Morgan fingerprint density at radius 3 is 2.11 bits per heavy atom. The van der Waals surface area contributed by atoms with Crippen LogP contribution in [0.2, 0.25) is 0 Å². The first-order valence-corrected chi connectivity index (χ1v) is 8.62. The van der Waals surface area contributed by atoms with E-state index in [1.807, 2.05) is 0 Å². The van der Waals surface area contributed by atoms with E-state index in [9.17, 15) is 0 Å². The van der Waals surface area contributed by atoms with Gasteiger partial charge in [-0.3, -0.25) is 4.90 Å². The lowest BCUT2D eigenvalue weighted by molar-refractivity contribution is 0.0751. The molecule has 2 atom stereocenters. The third-order valence-electron chi connectivity index (χ3n) is 5.87. The van der Waals surface area contributed by atoms with Gasteiger partial charge in [-0.25, -0.2) is 0 Å². The number of rotatable bonds is 4. The Morgan fingerprint density at radius 1 is 0.833 bits per heavy atom. The molecule has 18 heavy (non-hydrogen) atoms. The van der Waals surface area contributed by atoms with E-state index in [0.29, 0.717) is 0 Å². The standard InChI is InChI=1S/C17H31N/c1-2-6-15-11-16-9-10-17(12-15)18(16)13-14-7-4-3-5-8-14/h14-17H,2-13H2,1H3. The zero-order valence-electron chi connectivity index (χ0n) is 12.2. The molecule has 0 N–H and O–H groups in total. The highest BCUT2D eigenvalue weighted by atomic mass is 15.2. The molecule has 0 aromatic heterocycles. The lowest BCUT2D eigenvalue weighted by Gasteiger charge is -2.41. The second-order valence-corrected chi connectivity index (χ2v) is 7.21. The van der Waals surface area contributed by atoms with Gasteiger partial charge in [0.05, 0.1) is 0 Å². The van der Waals surface area contributed by atoms with Gasteiger partial charge >= 0.3 is 0 Å². The maximum Gasteiger partial charge on any atom is 0.0101 e. The molecular weight excluding hydrogens is 218 g/mol. The van der Waals surface area contributed by atoms with Crippen LogP contribution in [0, 0.1) is 11.8 Å². The molecule has 3 rings (SSSR count). The Bertz CT molecular complexity index is 242. The monoisotopic (exact) mass is 249 g/mol. The molecule has 2 heterocycles. The van der Waals surface area contributed by atoms with Gasteiger partial charge < -0.3 is 0 Å². The Labute approximate surface area is 113 Å². The van der Waals surface area contributed by atoms with E-state index in [-0.39, 0.29) is 0 Å². The number of hydrogen-bond donors (Lipinski definition) is 0. The molecule has 3 fully saturated rings.